The standard InChI is InChI=1S/C29H29N5O5/c1-4-38-26-15-21-20(13-23(26)32-28(37)11-8-12-34(2)3)29(31-18-30-21)33-22-14-25(36)27(16-24(22)35)39-17-19-9-6-5-7-10-19/h5-11,13-16,18H,4,12,17H2,1-3H3,(H,32,37)(H,30,31,33). The lowest BCUT2D eigenvalue weighted by Crippen LogP contribution is -2.20. The Morgan fingerprint density at radius 1 is 1.03 bits per heavy atom. The van der Waals surface area contributed by atoms with Crippen LogP contribution in [0.1, 0.15) is 12.5 Å². The van der Waals surface area contributed by atoms with E-state index in [9.17, 15) is 14.4 Å². The Morgan fingerprint density at radius 3 is 2.56 bits per heavy atom. The molecule has 1 heterocycles. The van der Waals surface area contributed by atoms with Gasteiger partial charge in [0.25, 0.3) is 0 Å². The van der Waals surface area contributed by atoms with E-state index < -0.39 is 11.6 Å². The molecule has 1 amide bonds. The van der Waals surface area contributed by atoms with E-state index in [2.05, 4.69) is 20.6 Å². The predicted molar refractivity (Wildman–Crippen MR) is 148 cm³/mol. The molecule has 1 aliphatic rings. The minimum atomic E-state index is -0.442. The molecule has 0 unspecified atom stereocenters. The summed E-state index contributed by atoms with van der Waals surface area (Å²) in [5.74, 6) is -0.507. The van der Waals surface area contributed by atoms with Crippen LogP contribution in [0, 0.1) is 0 Å². The van der Waals surface area contributed by atoms with Gasteiger partial charge in [0.2, 0.25) is 17.5 Å². The maximum absolute atomic E-state index is 12.8. The molecule has 1 aromatic heterocycles. The van der Waals surface area contributed by atoms with Gasteiger partial charge in [-0.05, 0) is 32.6 Å². The van der Waals surface area contributed by atoms with Crippen molar-refractivity contribution >= 4 is 39.9 Å². The van der Waals surface area contributed by atoms with Crippen molar-refractivity contribution in [3.8, 4) is 5.75 Å². The highest BCUT2D eigenvalue weighted by molar-refractivity contribution is 6.20. The smallest absolute Gasteiger partial charge is 0.248 e. The minimum Gasteiger partial charge on any atom is -0.492 e. The van der Waals surface area contributed by atoms with Crippen molar-refractivity contribution in [3.63, 3.8) is 0 Å². The summed E-state index contributed by atoms with van der Waals surface area (Å²) in [6.45, 7) is 3.00. The Bertz CT molecular complexity index is 1480. The highest BCUT2D eigenvalue weighted by Gasteiger charge is 2.23. The number of nitrogens with zero attached hydrogens (tertiary/aromatic N) is 3. The number of ether oxygens (including phenoxy) is 2. The third kappa shape index (κ3) is 7.14. The molecule has 0 aliphatic heterocycles. The number of aromatic nitrogens is 2. The highest BCUT2D eigenvalue weighted by atomic mass is 16.5. The normalized spacial score (nSPS) is 13.4. The number of carbonyl (C=O) groups excluding carboxylic acids is 3. The number of nitrogens with one attached hydrogen (secondary N) is 2. The zero-order valence-electron chi connectivity index (χ0n) is 21.9. The van der Waals surface area contributed by atoms with Gasteiger partial charge in [0.05, 0.1) is 23.5 Å². The molecular formula is C29H29N5O5. The summed E-state index contributed by atoms with van der Waals surface area (Å²) in [4.78, 5) is 48.5. The lowest BCUT2D eigenvalue weighted by Gasteiger charge is -2.16. The van der Waals surface area contributed by atoms with Gasteiger partial charge < -0.3 is 25.0 Å². The number of amides is 1. The van der Waals surface area contributed by atoms with Gasteiger partial charge in [0.1, 0.15) is 24.5 Å². The molecule has 39 heavy (non-hydrogen) atoms. The Hall–Kier alpha value is -4.83. The van der Waals surface area contributed by atoms with Crippen molar-refractivity contribution < 1.29 is 23.9 Å². The fraction of sp³-hybridized carbons (Fsp3) is 0.207. The van der Waals surface area contributed by atoms with Gasteiger partial charge in [-0.25, -0.2) is 9.97 Å². The van der Waals surface area contributed by atoms with E-state index in [-0.39, 0.29) is 29.8 Å². The zero-order valence-corrected chi connectivity index (χ0v) is 21.9. The second-order valence-electron chi connectivity index (χ2n) is 8.87. The van der Waals surface area contributed by atoms with Crippen LogP contribution in [0.5, 0.6) is 5.75 Å². The van der Waals surface area contributed by atoms with E-state index in [1.807, 2.05) is 56.3 Å². The van der Waals surface area contributed by atoms with Gasteiger partial charge in [-0.1, -0.05) is 36.4 Å². The molecule has 0 saturated carbocycles. The van der Waals surface area contributed by atoms with Crippen LogP contribution in [0.4, 0.5) is 11.5 Å². The van der Waals surface area contributed by atoms with E-state index >= 15 is 0 Å². The molecular weight excluding hydrogens is 498 g/mol. The van der Waals surface area contributed by atoms with Crippen molar-refractivity contribution in [1.29, 1.82) is 0 Å². The number of anilines is 2. The summed E-state index contributed by atoms with van der Waals surface area (Å²) in [6, 6.07) is 12.7. The first-order chi connectivity index (χ1) is 18.8. The van der Waals surface area contributed by atoms with Crippen LogP contribution in [0.2, 0.25) is 0 Å². The number of fused-ring (bicyclic) bond motifs is 1. The van der Waals surface area contributed by atoms with Gasteiger partial charge in [-0.3, -0.25) is 14.4 Å². The van der Waals surface area contributed by atoms with Crippen LogP contribution in [0.3, 0.4) is 0 Å². The number of carbonyl (C=O) groups is 3. The largest absolute Gasteiger partial charge is 0.492 e. The van der Waals surface area contributed by atoms with Crippen LogP contribution in [-0.4, -0.2) is 59.6 Å². The number of benzene rings is 2. The lowest BCUT2D eigenvalue weighted by atomic mass is 10.1. The van der Waals surface area contributed by atoms with Crippen molar-refractivity contribution in [2.45, 2.75) is 13.5 Å². The number of ketones is 2. The topological polar surface area (TPSA) is 123 Å². The summed E-state index contributed by atoms with van der Waals surface area (Å²) < 4.78 is 11.3. The van der Waals surface area contributed by atoms with E-state index in [0.717, 1.165) is 11.6 Å². The predicted octanol–water partition coefficient (Wildman–Crippen LogP) is 3.63. The molecule has 10 heteroatoms. The maximum Gasteiger partial charge on any atom is 0.248 e. The van der Waals surface area contributed by atoms with Crippen molar-refractivity contribution in [1.82, 2.24) is 14.9 Å². The second-order valence-corrected chi connectivity index (χ2v) is 8.87. The first kappa shape index (κ1) is 27.2. The zero-order chi connectivity index (χ0) is 27.8. The Morgan fingerprint density at radius 2 is 1.82 bits per heavy atom. The average Bonchev–Trinajstić information content (AvgIpc) is 2.91. The van der Waals surface area contributed by atoms with Crippen LogP contribution in [-0.2, 0) is 25.7 Å². The number of allylic oxidation sites excluding steroid dienone is 2. The van der Waals surface area contributed by atoms with Crippen molar-refractivity contribution in [2.75, 3.05) is 37.9 Å². The molecule has 0 saturated heterocycles. The monoisotopic (exact) mass is 527 g/mol. The number of rotatable bonds is 11. The molecule has 0 atom stereocenters. The Kier molecular flexibility index (Phi) is 8.80. The van der Waals surface area contributed by atoms with Crippen molar-refractivity contribution in [3.05, 3.63) is 90.1 Å². The van der Waals surface area contributed by atoms with E-state index in [1.165, 1.54) is 18.5 Å². The molecule has 0 radical (unpaired) electrons. The molecule has 0 fully saturated rings. The average molecular weight is 528 g/mol. The lowest BCUT2D eigenvalue weighted by molar-refractivity contribution is -0.117. The molecule has 4 rings (SSSR count). The van der Waals surface area contributed by atoms with E-state index in [4.69, 9.17) is 9.47 Å². The Labute approximate surface area is 226 Å². The van der Waals surface area contributed by atoms with Crippen LogP contribution < -0.4 is 15.4 Å². The number of hydrogen-bond donors (Lipinski definition) is 2. The first-order valence-corrected chi connectivity index (χ1v) is 12.3. The van der Waals surface area contributed by atoms with Gasteiger partial charge in [-0.15, -0.1) is 0 Å². The van der Waals surface area contributed by atoms with Gasteiger partial charge in [0, 0.05) is 36.2 Å². The van der Waals surface area contributed by atoms with Gasteiger partial charge in [-0.2, -0.15) is 0 Å². The minimum absolute atomic E-state index is 0.0318. The molecule has 1 aliphatic carbocycles. The summed E-state index contributed by atoms with van der Waals surface area (Å²) in [7, 11) is 3.81. The fourth-order valence-electron chi connectivity index (χ4n) is 3.72. The third-order valence-corrected chi connectivity index (χ3v) is 5.57. The molecule has 2 aromatic carbocycles. The molecule has 3 aromatic rings. The van der Waals surface area contributed by atoms with Crippen LogP contribution in [0.15, 0.2) is 84.6 Å². The molecule has 0 bridgehead atoms. The molecule has 200 valence electrons. The maximum atomic E-state index is 12.8. The SMILES string of the molecule is CCOc1cc2ncnc(NC3=CC(=O)C(OCc4ccccc4)=CC3=O)c2cc1NC(=O)C=CCN(C)C. The molecule has 10 nitrogen and oxygen atoms in total. The molecule has 2 N–H and O–H groups in total. The van der Waals surface area contributed by atoms with Crippen LogP contribution in [0.25, 0.3) is 10.9 Å². The number of likely N-dealkylation sites (N-methyl/N-ethyl adjacent to an activating group) is 1. The number of hydrogen-bond acceptors (Lipinski definition) is 9. The summed E-state index contributed by atoms with van der Waals surface area (Å²) in [5.41, 5.74) is 1.85. The summed E-state index contributed by atoms with van der Waals surface area (Å²) >= 11 is 0. The fourth-order valence-corrected chi connectivity index (χ4v) is 3.72. The Balaban J connectivity index is 1.55. The second kappa shape index (κ2) is 12.6. The summed E-state index contributed by atoms with van der Waals surface area (Å²) in [6.07, 6.45) is 6.87. The van der Waals surface area contributed by atoms with Crippen molar-refractivity contribution in [2.24, 2.45) is 0 Å². The quantitative estimate of drug-likeness (QED) is 0.284. The van der Waals surface area contributed by atoms with Gasteiger partial charge >= 0.3 is 0 Å². The van der Waals surface area contributed by atoms with Gasteiger partial charge in [0.15, 0.2) is 5.76 Å². The van der Waals surface area contributed by atoms with Crippen LogP contribution >= 0.6 is 0 Å². The summed E-state index contributed by atoms with van der Waals surface area (Å²) in [5, 5.41) is 6.29. The third-order valence-electron chi connectivity index (χ3n) is 5.57. The van der Waals surface area contributed by atoms with E-state index in [0.29, 0.717) is 35.5 Å². The highest BCUT2D eigenvalue weighted by Crippen LogP contribution is 2.33. The molecule has 0 spiro atoms. The first-order valence-electron chi connectivity index (χ1n) is 12.3. The van der Waals surface area contributed by atoms with E-state index in [1.54, 1.807) is 18.2 Å².